The average molecular weight is 229 g/mol. The maximum Gasteiger partial charge on any atom is 0.406 e. The minimum Gasteiger partial charge on any atom is -0.453 e. The second kappa shape index (κ2) is 5.72. The van der Waals surface area contributed by atoms with E-state index in [1.807, 2.05) is 19.1 Å². The van der Waals surface area contributed by atoms with Crippen molar-refractivity contribution in [2.24, 2.45) is 0 Å². The molecule has 0 aliphatic rings. The monoisotopic (exact) mass is 229 g/mol. The number of thiophene rings is 1. The first-order valence-corrected chi connectivity index (χ1v) is 5.40. The van der Waals surface area contributed by atoms with Crippen LogP contribution in [-0.2, 0) is 9.47 Å². The number of hydrogen-bond donors (Lipinski definition) is 1. The van der Waals surface area contributed by atoms with Crippen molar-refractivity contribution in [3.63, 3.8) is 0 Å². The maximum atomic E-state index is 10.9. The minimum atomic E-state index is -0.440. The Kier molecular flexibility index (Phi) is 4.58. The first kappa shape index (κ1) is 12.0. The molecule has 1 rings (SSSR count). The fraction of sp³-hybridized carbons (Fsp3) is 0.500. The molecule has 1 atom stereocenters. The first-order chi connectivity index (χ1) is 7.17. The van der Waals surface area contributed by atoms with Crippen molar-refractivity contribution in [1.29, 1.82) is 0 Å². The lowest BCUT2D eigenvalue weighted by molar-refractivity contribution is 0.101. The summed E-state index contributed by atoms with van der Waals surface area (Å²) < 4.78 is 9.77. The third-order valence-corrected chi connectivity index (χ3v) is 3.07. The molecule has 1 N–H and O–H groups in total. The molecular formula is C10H15NO3S. The molecule has 0 fully saturated rings. The van der Waals surface area contributed by atoms with Gasteiger partial charge >= 0.3 is 6.09 Å². The second-order valence-electron chi connectivity index (χ2n) is 3.05. The summed E-state index contributed by atoms with van der Waals surface area (Å²) in [6, 6.07) is 4.04. The summed E-state index contributed by atoms with van der Waals surface area (Å²) in [5.41, 5.74) is 0. The number of nitrogens with one attached hydrogen (secondary N) is 1. The summed E-state index contributed by atoms with van der Waals surface area (Å²) in [6.07, 6.45) is -0.548. The minimum absolute atomic E-state index is 0.109. The maximum absolute atomic E-state index is 10.9. The molecular weight excluding hydrogens is 214 g/mol. The van der Waals surface area contributed by atoms with Gasteiger partial charge in [-0.25, -0.2) is 4.79 Å². The standard InChI is InChI=1S/C10H15NO3S/c1-7-4-5-9(15-7)8(13-2)6-11-10(12)14-3/h4-5,8H,6H2,1-3H3,(H,11,12). The van der Waals surface area contributed by atoms with Crippen molar-refractivity contribution in [3.05, 3.63) is 21.9 Å². The van der Waals surface area contributed by atoms with E-state index < -0.39 is 6.09 Å². The van der Waals surface area contributed by atoms with Crippen LogP contribution in [0.15, 0.2) is 12.1 Å². The van der Waals surface area contributed by atoms with Crippen LogP contribution in [0.4, 0.5) is 4.79 Å². The molecule has 15 heavy (non-hydrogen) atoms. The molecule has 0 aliphatic carbocycles. The SMILES string of the molecule is COC(=O)NCC(OC)c1ccc(C)s1. The van der Waals surface area contributed by atoms with Crippen LogP contribution in [0.1, 0.15) is 15.9 Å². The van der Waals surface area contributed by atoms with Crippen molar-refractivity contribution in [1.82, 2.24) is 5.32 Å². The van der Waals surface area contributed by atoms with E-state index in [4.69, 9.17) is 4.74 Å². The van der Waals surface area contributed by atoms with Crippen molar-refractivity contribution in [2.75, 3.05) is 20.8 Å². The van der Waals surface area contributed by atoms with Gasteiger partial charge in [0.15, 0.2) is 0 Å². The molecule has 0 spiro atoms. The van der Waals surface area contributed by atoms with Gasteiger partial charge in [0.2, 0.25) is 0 Å². The zero-order valence-electron chi connectivity index (χ0n) is 9.07. The van der Waals surface area contributed by atoms with Gasteiger partial charge in [-0.1, -0.05) is 0 Å². The van der Waals surface area contributed by atoms with E-state index in [-0.39, 0.29) is 6.10 Å². The zero-order valence-corrected chi connectivity index (χ0v) is 9.89. The molecule has 1 heterocycles. The van der Waals surface area contributed by atoms with Gasteiger partial charge < -0.3 is 14.8 Å². The Morgan fingerprint density at radius 2 is 2.27 bits per heavy atom. The summed E-state index contributed by atoms with van der Waals surface area (Å²) in [6.45, 7) is 2.46. The van der Waals surface area contributed by atoms with Gasteiger partial charge in [0.1, 0.15) is 6.10 Å². The number of methoxy groups -OCH3 is 2. The fourth-order valence-corrected chi connectivity index (χ4v) is 2.13. The average Bonchev–Trinajstić information content (AvgIpc) is 2.65. The highest BCUT2D eigenvalue weighted by molar-refractivity contribution is 7.12. The molecule has 5 heteroatoms. The van der Waals surface area contributed by atoms with Crippen LogP contribution in [0, 0.1) is 6.92 Å². The fourth-order valence-electron chi connectivity index (χ4n) is 1.17. The van der Waals surface area contributed by atoms with E-state index in [2.05, 4.69) is 10.1 Å². The Balaban J connectivity index is 2.53. The molecule has 0 radical (unpaired) electrons. The molecule has 1 aromatic rings. The number of carbonyl (C=O) groups is 1. The lowest BCUT2D eigenvalue weighted by Crippen LogP contribution is -2.28. The highest BCUT2D eigenvalue weighted by Gasteiger charge is 2.13. The summed E-state index contributed by atoms with van der Waals surface area (Å²) >= 11 is 1.66. The highest BCUT2D eigenvalue weighted by Crippen LogP contribution is 2.24. The van der Waals surface area contributed by atoms with Gasteiger partial charge in [0.05, 0.1) is 13.7 Å². The van der Waals surface area contributed by atoms with E-state index in [1.54, 1.807) is 18.4 Å². The molecule has 1 amide bonds. The number of hydrogen-bond acceptors (Lipinski definition) is 4. The Morgan fingerprint density at radius 1 is 1.53 bits per heavy atom. The molecule has 0 saturated heterocycles. The summed E-state index contributed by atoms with van der Waals surface area (Å²) in [4.78, 5) is 13.2. The Hall–Kier alpha value is -1.07. The third kappa shape index (κ3) is 3.53. The van der Waals surface area contributed by atoms with E-state index in [9.17, 15) is 4.79 Å². The number of aryl methyl sites for hydroxylation is 1. The van der Waals surface area contributed by atoms with Gasteiger partial charge in [0.25, 0.3) is 0 Å². The zero-order chi connectivity index (χ0) is 11.3. The summed E-state index contributed by atoms with van der Waals surface area (Å²) in [7, 11) is 2.96. The molecule has 1 aromatic heterocycles. The molecule has 0 aromatic carbocycles. The van der Waals surface area contributed by atoms with Crippen molar-refractivity contribution in [2.45, 2.75) is 13.0 Å². The Labute approximate surface area is 93.2 Å². The Morgan fingerprint density at radius 3 is 2.73 bits per heavy atom. The van der Waals surface area contributed by atoms with Crippen LogP contribution in [0.5, 0.6) is 0 Å². The Bertz CT molecular complexity index is 324. The first-order valence-electron chi connectivity index (χ1n) is 4.58. The van der Waals surface area contributed by atoms with Crippen LogP contribution >= 0.6 is 11.3 Å². The van der Waals surface area contributed by atoms with E-state index in [0.717, 1.165) is 4.88 Å². The number of carbonyl (C=O) groups excluding carboxylic acids is 1. The van der Waals surface area contributed by atoms with Crippen LogP contribution in [0.2, 0.25) is 0 Å². The van der Waals surface area contributed by atoms with E-state index in [0.29, 0.717) is 6.54 Å². The largest absolute Gasteiger partial charge is 0.453 e. The highest BCUT2D eigenvalue weighted by atomic mass is 32.1. The lowest BCUT2D eigenvalue weighted by Gasteiger charge is -2.13. The molecule has 0 aliphatic heterocycles. The third-order valence-electron chi connectivity index (χ3n) is 1.98. The molecule has 4 nitrogen and oxygen atoms in total. The van der Waals surface area contributed by atoms with Gasteiger partial charge in [-0.2, -0.15) is 0 Å². The van der Waals surface area contributed by atoms with Crippen molar-refractivity contribution < 1.29 is 14.3 Å². The van der Waals surface area contributed by atoms with Crippen molar-refractivity contribution in [3.8, 4) is 0 Å². The number of rotatable bonds is 4. The second-order valence-corrected chi connectivity index (χ2v) is 4.36. The number of alkyl carbamates (subject to hydrolysis) is 1. The smallest absolute Gasteiger partial charge is 0.406 e. The van der Waals surface area contributed by atoms with E-state index >= 15 is 0 Å². The summed E-state index contributed by atoms with van der Waals surface area (Å²) in [5, 5.41) is 2.61. The summed E-state index contributed by atoms with van der Waals surface area (Å²) in [5.74, 6) is 0. The predicted octanol–water partition coefficient (Wildman–Crippen LogP) is 2.10. The van der Waals surface area contributed by atoms with Crippen LogP contribution in [0.25, 0.3) is 0 Å². The molecule has 84 valence electrons. The van der Waals surface area contributed by atoms with Crippen LogP contribution < -0.4 is 5.32 Å². The normalized spacial score (nSPS) is 12.2. The van der Waals surface area contributed by atoms with E-state index in [1.165, 1.54) is 12.0 Å². The number of amides is 1. The van der Waals surface area contributed by atoms with Gasteiger partial charge in [-0.3, -0.25) is 0 Å². The van der Waals surface area contributed by atoms with Gasteiger partial charge in [0, 0.05) is 16.9 Å². The van der Waals surface area contributed by atoms with Crippen molar-refractivity contribution >= 4 is 17.4 Å². The number of ether oxygens (including phenoxy) is 2. The predicted molar refractivity (Wildman–Crippen MR) is 59.2 cm³/mol. The molecule has 0 saturated carbocycles. The van der Waals surface area contributed by atoms with Gasteiger partial charge in [-0.05, 0) is 19.1 Å². The topological polar surface area (TPSA) is 47.6 Å². The van der Waals surface area contributed by atoms with Gasteiger partial charge in [-0.15, -0.1) is 11.3 Å². The lowest BCUT2D eigenvalue weighted by atomic mass is 10.3. The van der Waals surface area contributed by atoms with Crippen LogP contribution in [0.3, 0.4) is 0 Å². The molecule has 0 bridgehead atoms. The van der Waals surface area contributed by atoms with Crippen LogP contribution in [-0.4, -0.2) is 26.9 Å². The molecule has 1 unspecified atom stereocenters. The quantitative estimate of drug-likeness (QED) is 0.860.